The summed E-state index contributed by atoms with van der Waals surface area (Å²) >= 11 is 1.48. The molecule has 1 fully saturated rings. The van der Waals surface area contributed by atoms with Crippen molar-refractivity contribution in [1.29, 1.82) is 0 Å². The molecule has 0 saturated carbocycles. The molecule has 1 saturated heterocycles. The van der Waals surface area contributed by atoms with Gasteiger partial charge in [0.2, 0.25) is 11.8 Å². The van der Waals surface area contributed by atoms with Crippen molar-refractivity contribution in [3.63, 3.8) is 0 Å². The summed E-state index contributed by atoms with van der Waals surface area (Å²) in [4.78, 5) is 44.8. The Morgan fingerprint density at radius 1 is 1.00 bits per heavy atom. The van der Waals surface area contributed by atoms with Gasteiger partial charge in [0.1, 0.15) is 11.6 Å². The van der Waals surface area contributed by atoms with Gasteiger partial charge >= 0.3 is 12.0 Å². The average Bonchev–Trinajstić information content (AvgIpc) is 3.78. The number of carbonyl (C=O) groups excluding carboxylic acids is 2. The number of pyridine rings is 1. The van der Waals surface area contributed by atoms with E-state index in [0.29, 0.717) is 47.7 Å². The van der Waals surface area contributed by atoms with Crippen molar-refractivity contribution < 1.29 is 19.1 Å². The van der Waals surface area contributed by atoms with Crippen molar-refractivity contribution in [3.05, 3.63) is 72.9 Å². The Kier molecular flexibility index (Phi) is 8.64. The highest BCUT2D eigenvalue weighted by atomic mass is 32.1. The fourth-order valence-corrected chi connectivity index (χ4v) is 5.70. The zero-order chi connectivity index (χ0) is 31.3. The highest BCUT2D eigenvalue weighted by Crippen LogP contribution is 2.34. The molecule has 14 heteroatoms. The summed E-state index contributed by atoms with van der Waals surface area (Å²) in [6.07, 6.45) is 8.51. The molecule has 0 radical (unpaired) electrons. The standard InChI is InChI=1S/C31H31N9O4S/c1-19(2)13-21-14-26(40(38-21)23-8-11-27(43-3)32-17-23)37-29(42)36-22-15-33-30(34-16-22)44-24-9-6-20(7-10-24)25-18-35-31(45-25)39-12-4-5-28(39)41/h6-11,14-19H,4-5,12-13H2,1-3H3,(H2,36,37,42). The number of nitrogens with zero attached hydrogens (tertiary/aromatic N) is 7. The largest absolute Gasteiger partial charge is 0.481 e. The molecule has 3 amide bonds. The van der Waals surface area contributed by atoms with Crippen LogP contribution in [0.3, 0.4) is 0 Å². The Balaban J connectivity index is 1.07. The number of hydrogen-bond acceptors (Lipinski definition) is 10. The Hall–Kier alpha value is -5.37. The number of carbonyl (C=O) groups is 2. The molecule has 1 aromatic carbocycles. The van der Waals surface area contributed by atoms with Crippen LogP contribution in [0.4, 0.5) is 21.4 Å². The first-order chi connectivity index (χ1) is 21.8. The number of thiazole rings is 1. The highest BCUT2D eigenvalue weighted by molar-refractivity contribution is 7.19. The molecule has 5 heterocycles. The maximum atomic E-state index is 12.9. The van der Waals surface area contributed by atoms with Gasteiger partial charge in [0, 0.05) is 31.3 Å². The first kappa shape index (κ1) is 29.7. The lowest BCUT2D eigenvalue weighted by Crippen LogP contribution is -2.23. The van der Waals surface area contributed by atoms with E-state index in [9.17, 15) is 9.59 Å². The van der Waals surface area contributed by atoms with Crippen molar-refractivity contribution in [2.45, 2.75) is 33.1 Å². The number of ether oxygens (including phenoxy) is 2. The summed E-state index contributed by atoms with van der Waals surface area (Å²) in [6, 6.07) is 12.5. The number of benzene rings is 1. The molecule has 1 aliphatic rings. The van der Waals surface area contributed by atoms with Crippen LogP contribution >= 0.6 is 11.3 Å². The molecule has 4 aromatic heterocycles. The molecule has 230 valence electrons. The number of anilines is 3. The van der Waals surface area contributed by atoms with E-state index in [1.165, 1.54) is 23.7 Å². The number of rotatable bonds is 10. The van der Waals surface area contributed by atoms with Crippen LogP contribution in [0, 0.1) is 5.92 Å². The summed E-state index contributed by atoms with van der Waals surface area (Å²) < 4.78 is 12.6. The predicted molar refractivity (Wildman–Crippen MR) is 170 cm³/mol. The quantitative estimate of drug-likeness (QED) is 0.192. The van der Waals surface area contributed by atoms with Gasteiger partial charge in [0.15, 0.2) is 5.13 Å². The first-order valence-electron chi connectivity index (χ1n) is 14.4. The summed E-state index contributed by atoms with van der Waals surface area (Å²) in [5.41, 5.74) is 2.86. The minimum Gasteiger partial charge on any atom is -0.481 e. The molecule has 13 nitrogen and oxygen atoms in total. The van der Waals surface area contributed by atoms with Crippen LogP contribution in [0.5, 0.6) is 17.6 Å². The van der Waals surface area contributed by atoms with Crippen molar-refractivity contribution >= 4 is 39.9 Å². The molecule has 0 bridgehead atoms. The smallest absolute Gasteiger partial charge is 0.324 e. The maximum absolute atomic E-state index is 12.9. The van der Waals surface area contributed by atoms with E-state index in [-0.39, 0.29) is 11.9 Å². The van der Waals surface area contributed by atoms with Crippen LogP contribution in [-0.2, 0) is 11.2 Å². The van der Waals surface area contributed by atoms with Crippen molar-refractivity contribution in [3.8, 4) is 33.8 Å². The Morgan fingerprint density at radius 2 is 1.80 bits per heavy atom. The molecule has 0 aliphatic carbocycles. The number of aromatic nitrogens is 6. The van der Waals surface area contributed by atoms with E-state index in [1.54, 1.807) is 35.2 Å². The van der Waals surface area contributed by atoms with Gasteiger partial charge in [-0.25, -0.2) is 29.4 Å². The van der Waals surface area contributed by atoms with Crippen LogP contribution in [0.1, 0.15) is 32.4 Å². The normalized spacial score (nSPS) is 12.9. The summed E-state index contributed by atoms with van der Waals surface area (Å²) in [5.74, 6) is 2.02. The Labute approximate surface area is 263 Å². The Morgan fingerprint density at radius 3 is 2.47 bits per heavy atom. The van der Waals surface area contributed by atoms with Crippen LogP contribution in [0.25, 0.3) is 16.1 Å². The second-order valence-electron chi connectivity index (χ2n) is 10.7. The van der Waals surface area contributed by atoms with Gasteiger partial charge in [-0.15, -0.1) is 0 Å². The third-order valence-corrected chi connectivity index (χ3v) is 7.89. The zero-order valence-electron chi connectivity index (χ0n) is 24.9. The SMILES string of the molecule is COc1ccc(-n2nc(CC(C)C)cc2NC(=O)Nc2cnc(Oc3ccc(-c4cnc(N5CCCC5=O)s4)cc3)nc2)cn1. The number of amides is 3. The molecule has 2 N–H and O–H groups in total. The lowest BCUT2D eigenvalue weighted by atomic mass is 10.1. The predicted octanol–water partition coefficient (Wildman–Crippen LogP) is 5.95. The summed E-state index contributed by atoms with van der Waals surface area (Å²) in [7, 11) is 1.55. The van der Waals surface area contributed by atoms with E-state index in [4.69, 9.17) is 9.47 Å². The van der Waals surface area contributed by atoms with E-state index in [2.05, 4.69) is 49.5 Å². The van der Waals surface area contributed by atoms with E-state index >= 15 is 0 Å². The molecule has 6 rings (SSSR count). The molecular formula is C31H31N9O4S. The second-order valence-corrected chi connectivity index (χ2v) is 11.7. The molecule has 45 heavy (non-hydrogen) atoms. The van der Waals surface area contributed by atoms with E-state index < -0.39 is 6.03 Å². The topological polar surface area (TPSA) is 149 Å². The van der Waals surface area contributed by atoms with Gasteiger partial charge < -0.3 is 14.8 Å². The fraction of sp³-hybridized carbons (Fsp3) is 0.258. The number of nitrogens with one attached hydrogen (secondary N) is 2. The molecule has 0 unspecified atom stereocenters. The first-order valence-corrected chi connectivity index (χ1v) is 15.2. The van der Waals surface area contributed by atoms with Crippen LogP contribution in [0.15, 0.2) is 67.3 Å². The van der Waals surface area contributed by atoms with Crippen molar-refractivity contribution in [1.82, 2.24) is 29.7 Å². The Bertz CT molecular complexity index is 1790. The molecule has 1 aliphatic heterocycles. The lowest BCUT2D eigenvalue weighted by Gasteiger charge is -2.10. The molecule has 0 spiro atoms. The molecular weight excluding hydrogens is 594 g/mol. The van der Waals surface area contributed by atoms with E-state index in [1.807, 2.05) is 36.4 Å². The second kappa shape index (κ2) is 13.1. The van der Waals surface area contributed by atoms with Crippen molar-refractivity contribution in [2.24, 2.45) is 5.92 Å². The van der Waals surface area contributed by atoms with Gasteiger partial charge in [-0.05, 0) is 54.7 Å². The summed E-state index contributed by atoms with van der Waals surface area (Å²) in [6.45, 7) is 4.92. The van der Waals surface area contributed by atoms with Gasteiger partial charge in [-0.2, -0.15) is 5.10 Å². The van der Waals surface area contributed by atoms with Gasteiger partial charge in [-0.3, -0.25) is 15.0 Å². The van der Waals surface area contributed by atoms with Crippen LogP contribution in [-0.4, -0.2) is 55.3 Å². The van der Waals surface area contributed by atoms with Gasteiger partial charge in [0.05, 0.1) is 47.6 Å². The minimum atomic E-state index is -0.484. The lowest BCUT2D eigenvalue weighted by molar-refractivity contribution is -0.117. The number of hydrogen-bond donors (Lipinski definition) is 2. The van der Waals surface area contributed by atoms with Crippen LogP contribution in [0.2, 0.25) is 0 Å². The maximum Gasteiger partial charge on any atom is 0.324 e. The monoisotopic (exact) mass is 625 g/mol. The molecule has 0 atom stereocenters. The highest BCUT2D eigenvalue weighted by Gasteiger charge is 2.24. The minimum absolute atomic E-state index is 0.118. The van der Waals surface area contributed by atoms with Gasteiger partial charge in [-0.1, -0.05) is 25.2 Å². The molecule has 5 aromatic rings. The number of methoxy groups -OCH3 is 1. The van der Waals surface area contributed by atoms with Crippen molar-refractivity contribution in [2.75, 3.05) is 29.2 Å². The third-order valence-electron chi connectivity index (χ3n) is 6.83. The fourth-order valence-electron chi connectivity index (χ4n) is 4.73. The van der Waals surface area contributed by atoms with Crippen LogP contribution < -0.4 is 25.0 Å². The number of urea groups is 1. The van der Waals surface area contributed by atoms with E-state index in [0.717, 1.165) is 34.1 Å². The third kappa shape index (κ3) is 7.07. The average molecular weight is 626 g/mol. The summed E-state index contributed by atoms with van der Waals surface area (Å²) in [5, 5.41) is 11.0. The van der Waals surface area contributed by atoms with Gasteiger partial charge in [0.25, 0.3) is 0 Å². The zero-order valence-corrected chi connectivity index (χ0v) is 25.7.